The van der Waals surface area contributed by atoms with Crippen LogP contribution in [0.3, 0.4) is 0 Å². The molecule has 0 aliphatic heterocycles. The predicted octanol–water partition coefficient (Wildman–Crippen LogP) is 2.48. The van der Waals surface area contributed by atoms with E-state index in [1.165, 1.54) is 11.8 Å². The molecule has 108 valence electrons. The van der Waals surface area contributed by atoms with Crippen molar-refractivity contribution in [1.82, 2.24) is 19.3 Å². The first-order chi connectivity index (χ1) is 9.49. The van der Waals surface area contributed by atoms with Gasteiger partial charge in [-0.2, -0.15) is 5.10 Å². The monoisotopic (exact) mass is 294 g/mol. The van der Waals surface area contributed by atoms with E-state index >= 15 is 0 Å². The zero-order chi connectivity index (χ0) is 14.9. The number of imidazole rings is 1. The van der Waals surface area contributed by atoms with Crippen molar-refractivity contribution in [3.05, 3.63) is 18.3 Å². The molecule has 0 aromatic carbocycles. The maximum Gasteiger partial charge on any atom is 0.313 e. The number of carboxylic acids is 1. The SMILES string of the molecule is C=CC(C)n1c(SCC(=O)O)nc2c(C)nn(CC)c21. The standard InChI is InChI=1S/C13H18N4O2S/c1-5-8(3)17-12-11(9(4)15-16(12)6-2)14-13(17)20-7-10(18)19/h5,8H,1,6-7H2,2-4H3,(H,18,19). The number of aliphatic carboxylic acids is 1. The van der Waals surface area contributed by atoms with Crippen LogP contribution in [0.15, 0.2) is 17.8 Å². The van der Waals surface area contributed by atoms with Crippen LogP contribution in [0, 0.1) is 6.92 Å². The predicted molar refractivity (Wildman–Crippen MR) is 79.2 cm³/mol. The van der Waals surface area contributed by atoms with Gasteiger partial charge in [0.05, 0.1) is 17.5 Å². The molecule has 0 aliphatic rings. The Kier molecular flexibility index (Phi) is 4.17. The molecule has 1 N–H and O–H groups in total. The van der Waals surface area contributed by atoms with E-state index in [0.717, 1.165) is 23.4 Å². The molecule has 2 aromatic rings. The molecule has 0 saturated heterocycles. The molecule has 0 spiro atoms. The van der Waals surface area contributed by atoms with Gasteiger partial charge in [0.1, 0.15) is 5.52 Å². The lowest BCUT2D eigenvalue weighted by Gasteiger charge is -2.13. The zero-order valence-corrected chi connectivity index (χ0v) is 12.6. The van der Waals surface area contributed by atoms with Crippen molar-refractivity contribution in [1.29, 1.82) is 0 Å². The highest BCUT2D eigenvalue weighted by molar-refractivity contribution is 7.99. The summed E-state index contributed by atoms with van der Waals surface area (Å²) in [7, 11) is 0. The first-order valence-electron chi connectivity index (χ1n) is 6.42. The third-order valence-electron chi connectivity index (χ3n) is 3.08. The van der Waals surface area contributed by atoms with Gasteiger partial charge >= 0.3 is 5.97 Å². The van der Waals surface area contributed by atoms with E-state index in [4.69, 9.17) is 5.11 Å². The smallest absolute Gasteiger partial charge is 0.313 e. The minimum atomic E-state index is -0.853. The third kappa shape index (κ3) is 2.45. The Balaban J connectivity index is 2.61. The van der Waals surface area contributed by atoms with Gasteiger partial charge in [-0.05, 0) is 20.8 Å². The van der Waals surface area contributed by atoms with E-state index in [2.05, 4.69) is 16.7 Å². The van der Waals surface area contributed by atoms with Crippen molar-refractivity contribution in [2.75, 3.05) is 5.75 Å². The second-order valence-electron chi connectivity index (χ2n) is 4.50. The first kappa shape index (κ1) is 14.6. The summed E-state index contributed by atoms with van der Waals surface area (Å²) in [5.41, 5.74) is 2.60. The normalized spacial score (nSPS) is 12.8. The number of carboxylic acid groups (broad SMARTS) is 1. The average molecular weight is 294 g/mol. The van der Waals surface area contributed by atoms with Crippen LogP contribution < -0.4 is 0 Å². The van der Waals surface area contributed by atoms with Gasteiger partial charge in [-0.15, -0.1) is 6.58 Å². The van der Waals surface area contributed by atoms with Gasteiger partial charge in [0.2, 0.25) is 0 Å². The van der Waals surface area contributed by atoms with E-state index in [9.17, 15) is 4.79 Å². The highest BCUT2D eigenvalue weighted by Crippen LogP contribution is 2.29. The molecule has 2 rings (SSSR count). The van der Waals surface area contributed by atoms with Crippen molar-refractivity contribution in [3.8, 4) is 0 Å². The number of hydrogen-bond acceptors (Lipinski definition) is 4. The molecule has 0 aliphatic carbocycles. The lowest BCUT2D eigenvalue weighted by Crippen LogP contribution is -2.10. The molecule has 1 atom stereocenters. The summed E-state index contributed by atoms with van der Waals surface area (Å²) in [6, 6.07) is 0.0256. The second kappa shape index (κ2) is 5.70. The highest BCUT2D eigenvalue weighted by Gasteiger charge is 2.21. The number of fused-ring (bicyclic) bond motifs is 1. The van der Waals surface area contributed by atoms with Gasteiger partial charge < -0.3 is 5.11 Å². The molecule has 2 aromatic heterocycles. The second-order valence-corrected chi connectivity index (χ2v) is 5.44. The van der Waals surface area contributed by atoms with Crippen LogP contribution in [0.2, 0.25) is 0 Å². The van der Waals surface area contributed by atoms with Gasteiger partial charge in [0, 0.05) is 6.54 Å². The van der Waals surface area contributed by atoms with Crippen LogP contribution in [-0.4, -0.2) is 36.2 Å². The molecule has 0 amide bonds. The highest BCUT2D eigenvalue weighted by atomic mass is 32.2. The summed E-state index contributed by atoms with van der Waals surface area (Å²) in [6.45, 7) is 10.5. The van der Waals surface area contributed by atoms with Crippen molar-refractivity contribution in [2.24, 2.45) is 0 Å². The fraction of sp³-hybridized carbons (Fsp3) is 0.462. The van der Waals surface area contributed by atoms with Gasteiger partial charge in [0.25, 0.3) is 0 Å². The number of thioether (sulfide) groups is 1. The summed E-state index contributed by atoms with van der Waals surface area (Å²) in [6.07, 6.45) is 1.81. The van der Waals surface area contributed by atoms with Crippen molar-refractivity contribution in [3.63, 3.8) is 0 Å². The Morgan fingerprint density at radius 3 is 2.85 bits per heavy atom. The van der Waals surface area contributed by atoms with E-state index in [0.29, 0.717) is 5.16 Å². The van der Waals surface area contributed by atoms with Crippen LogP contribution in [0.1, 0.15) is 25.6 Å². The lowest BCUT2D eigenvalue weighted by atomic mass is 10.3. The minimum Gasteiger partial charge on any atom is -0.481 e. The van der Waals surface area contributed by atoms with E-state index in [1.807, 2.05) is 36.1 Å². The van der Waals surface area contributed by atoms with Gasteiger partial charge in [-0.25, -0.2) is 9.67 Å². The Hall–Kier alpha value is -1.76. The first-order valence-corrected chi connectivity index (χ1v) is 7.40. The molecule has 7 heteroatoms. The zero-order valence-electron chi connectivity index (χ0n) is 11.8. The summed E-state index contributed by atoms with van der Waals surface area (Å²) in [4.78, 5) is 15.3. The number of hydrogen-bond donors (Lipinski definition) is 1. The Labute approximate surface area is 121 Å². The number of allylic oxidation sites excluding steroid dienone is 1. The molecular formula is C13H18N4O2S. The number of aromatic nitrogens is 4. The Morgan fingerprint density at radius 1 is 1.60 bits per heavy atom. The van der Waals surface area contributed by atoms with E-state index in [-0.39, 0.29) is 11.8 Å². The van der Waals surface area contributed by atoms with E-state index in [1.54, 1.807) is 0 Å². The fourth-order valence-electron chi connectivity index (χ4n) is 2.09. The number of carbonyl (C=O) groups is 1. The molecule has 2 heterocycles. The van der Waals surface area contributed by atoms with Crippen LogP contribution in [-0.2, 0) is 11.3 Å². The molecule has 0 saturated carbocycles. The summed E-state index contributed by atoms with van der Waals surface area (Å²) >= 11 is 1.22. The third-order valence-corrected chi connectivity index (χ3v) is 4.02. The average Bonchev–Trinajstić information content (AvgIpc) is 2.93. The summed E-state index contributed by atoms with van der Waals surface area (Å²) in [5, 5.41) is 14.0. The lowest BCUT2D eigenvalue weighted by molar-refractivity contribution is -0.133. The quantitative estimate of drug-likeness (QED) is 0.654. The molecule has 0 bridgehead atoms. The van der Waals surface area contributed by atoms with Gasteiger partial charge in [0.15, 0.2) is 10.8 Å². The van der Waals surface area contributed by atoms with Crippen LogP contribution in [0.5, 0.6) is 0 Å². The summed E-state index contributed by atoms with van der Waals surface area (Å²) in [5.74, 6) is -0.865. The van der Waals surface area contributed by atoms with Crippen LogP contribution in [0.4, 0.5) is 0 Å². The van der Waals surface area contributed by atoms with Crippen LogP contribution in [0.25, 0.3) is 11.2 Å². The van der Waals surface area contributed by atoms with E-state index < -0.39 is 5.97 Å². The van der Waals surface area contributed by atoms with Gasteiger partial charge in [-0.1, -0.05) is 17.8 Å². The molecule has 6 nitrogen and oxygen atoms in total. The topological polar surface area (TPSA) is 72.9 Å². The molecule has 1 unspecified atom stereocenters. The summed E-state index contributed by atoms with van der Waals surface area (Å²) < 4.78 is 3.89. The Bertz CT molecular complexity index is 659. The maximum atomic E-state index is 10.8. The van der Waals surface area contributed by atoms with Crippen molar-refractivity contribution < 1.29 is 9.90 Å². The molecular weight excluding hydrogens is 276 g/mol. The minimum absolute atomic E-state index is 0.0118. The molecule has 20 heavy (non-hydrogen) atoms. The van der Waals surface area contributed by atoms with Crippen molar-refractivity contribution >= 4 is 28.9 Å². The molecule has 0 fully saturated rings. The number of aryl methyl sites for hydroxylation is 2. The van der Waals surface area contributed by atoms with Crippen molar-refractivity contribution in [2.45, 2.75) is 38.5 Å². The fourth-order valence-corrected chi connectivity index (χ4v) is 2.89. The van der Waals surface area contributed by atoms with Crippen LogP contribution >= 0.6 is 11.8 Å². The number of rotatable bonds is 6. The number of nitrogens with zero attached hydrogens (tertiary/aromatic N) is 4. The molecule has 0 radical (unpaired) electrons. The van der Waals surface area contributed by atoms with Gasteiger partial charge in [-0.3, -0.25) is 9.36 Å². The maximum absolute atomic E-state index is 10.8. The largest absolute Gasteiger partial charge is 0.481 e. The Morgan fingerprint density at radius 2 is 2.30 bits per heavy atom.